The first-order chi connectivity index (χ1) is 9.63. The number of amides is 1. The van der Waals surface area contributed by atoms with Gasteiger partial charge in [0.1, 0.15) is 6.61 Å². The van der Waals surface area contributed by atoms with Crippen LogP contribution >= 0.6 is 0 Å². The van der Waals surface area contributed by atoms with Crippen molar-refractivity contribution in [2.24, 2.45) is 0 Å². The second-order valence-electron chi connectivity index (χ2n) is 4.65. The van der Waals surface area contributed by atoms with E-state index in [1.54, 1.807) is 6.08 Å². The standard InChI is InChI=1S/C15H17NO4/c1-2-6-12-9-13(17)16(12)14(18)15(19)20-10-11-7-4-3-5-8-11/h2-5,7-8,12,14,18H,1,6,9-10H2. The number of hydrogen-bond donors (Lipinski definition) is 1. The van der Waals surface area contributed by atoms with E-state index in [1.165, 1.54) is 0 Å². The SMILES string of the molecule is C=CCC1CC(=O)N1C(O)C(=O)OCc1ccccc1. The molecule has 20 heavy (non-hydrogen) atoms. The smallest absolute Gasteiger partial charge is 0.356 e. The molecule has 1 aliphatic rings. The summed E-state index contributed by atoms with van der Waals surface area (Å²) in [6, 6.07) is 8.99. The van der Waals surface area contributed by atoms with Crippen LogP contribution in [-0.2, 0) is 20.9 Å². The number of carbonyl (C=O) groups excluding carboxylic acids is 2. The molecule has 0 spiro atoms. The van der Waals surface area contributed by atoms with Gasteiger partial charge >= 0.3 is 5.97 Å². The van der Waals surface area contributed by atoms with Gasteiger partial charge in [-0.2, -0.15) is 0 Å². The molecule has 1 amide bonds. The average Bonchev–Trinajstić information content (AvgIpc) is 2.45. The fraction of sp³-hybridized carbons (Fsp3) is 0.333. The lowest BCUT2D eigenvalue weighted by atomic mass is 9.98. The summed E-state index contributed by atoms with van der Waals surface area (Å²) in [6.07, 6.45) is 1.00. The van der Waals surface area contributed by atoms with Gasteiger partial charge in [0, 0.05) is 12.5 Å². The van der Waals surface area contributed by atoms with Crippen molar-refractivity contribution in [1.29, 1.82) is 0 Å². The maximum atomic E-state index is 11.8. The number of benzene rings is 1. The summed E-state index contributed by atoms with van der Waals surface area (Å²) < 4.78 is 5.01. The summed E-state index contributed by atoms with van der Waals surface area (Å²) in [5.74, 6) is -1.06. The van der Waals surface area contributed by atoms with Crippen molar-refractivity contribution in [3.8, 4) is 0 Å². The van der Waals surface area contributed by atoms with Gasteiger partial charge in [0.2, 0.25) is 12.1 Å². The van der Waals surface area contributed by atoms with E-state index in [1.807, 2.05) is 30.3 Å². The van der Waals surface area contributed by atoms with E-state index in [0.29, 0.717) is 12.8 Å². The molecule has 0 saturated carbocycles. The topological polar surface area (TPSA) is 66.8 Å². The molecule has 2 rings (SSSR count). The molecule has 0 aromatic heterocycles. The van der Waals surface area contributed by atoms with E-state index in [4.69, 9.17) is 4.74 Å². The number of carbonyl (C=O) groups is 2. The van der Waals surface area contributed by atoms with E-state index >= 15 is 0 Å². The lowest BCUT2D eigenvalue weighted by Gasteiger charge is -2.41. The Morgan fingerprint density at radius 3 is 2.80 bits per heavy atom. The van der Waals surface area contributed by atoms with Crippen LogP contribution in [0.3, 0.4) is 0 Å². The zero-order valence-electron chi connectivity index (χ0n) is 11.1. The first kappa shape index (κ1) is 14.3. The molecule has 5 heteroatoms. The normalized spacial score (nSPS) is 19.1. The van der Waals surface area contributed by atoms with Gasteiger partial charge in [-0.3, -0.25) is 4.79 Å². The predicted octanol–water partition coefficient (Wildman–Crippen LogP) is 1.23. The van der Waals surface area contributed by atoms with Gasteiger partial charge in [-0.15, -0.1) is 6.58 Å². The van der Waals surface area contributed by atoms with Crippen molar-refractivity contribution >= 4 is 11.9 Å². The Hall–Kier alpha value is -2.14. The first-order valence-electron chi connectivity index (χ1n) is 6.44. The first-order valence-corrected chi connectivity index (χ1v) is 6.44. The molecule has 2 unspecified atom stereocenters. The van der Waals surface area contributed by atoms with Crippen LogP contribution in [0.2, 0.25) is 0 Å². The molecule has 0 aliphatic carbocycles. The molecule has 5 nitrogen and oxygen atoms in total. The Balaban J connectivity index is 1.88. The molecule has 1 aliphatic heterocycles. The predicted molar refractivity (Wildman–Crippen MR) is 72.3 cm³/mol. The lowest BCUT2D eigenvalue weighted by Crippen LogP contribution is -2.59. The Morgan fingerprint density at radius 2 is 2.20 bits per heavy atom. The summed E-state index contributed by atoms with van der Waals surface area (Å²) in [7, 11) is 0. The Kier molecular flexibility index (Phi) is 4.53. The lowest BCUT2D eigenvalue weighted by molar-refractivity contribution is -0.184. The number of rotatable bonds is 6. The van der Waals surface area contributed by atoms with Crippen LogP contribution in [0.1, 0.15) is 18.4 Å². The van der Waals surface area contributed by atoms with E-state index in [9.17, 15) is 14.7 Å². The largest absolute Gasteiger partial charge is 0.457 e. The highest BCUT2D eigenvalue weighted by Crippen LogP contribution is 2.25. The second kappa shape index (κ2) is 6.34. The second-order valence-corrected chi connectivity index (χ2v) is 4.65. The molecule has 1 heterocycles. The van der Waals surface area contributed by atoms with Gasteiger partial charge < -0.3 is 14.7 Å². The van der Waals surface area contributed by atoms with Crippen LogP contribution in [0.15, 0.2) is 43.0 Å². The van der Waals surface area contributed by atoms with Gasteiger partial charge in [-0.25, -0.2) is 4.79 Å². The van der Waals surface area contributed by atoms with Crippen molar-refractivity contribution in [2.75, 3.05) is 0 Å². The van der Waals surface area contributed by atoms with Crippen molar-refractivity contribution < 1.29 is 19.4 Å². The van der Waals surface area contributed by atoms with Gasteiger partial charge in [-0.05, 0) is 12.0 Å². The molecule has 1 N–H and O–H groups in total. The Labute approximate surface area is 117 Å². The zero-order chi connectivity index (χ0) is 14.5. The van der Waals surface area contributed by atoms with Crippen LogP contribution in [0.5, 0.6) is 0 Å². The average molecular weight is 275 g/mol. The van der Waals surface area contributed by atoms with Crippen molar-refractivity contribution in [1.82, 2.24) is 4.90 Å². The highest BCUT2D eigenvalue weighted by molar-refractivity contribution is 5.88. The van der Waals surface area contributed by atoms with Crippen LogP contribution in [0.4, 0.5) is 0 Å². The molecule has 0 bridgehead atoms. The molecule has 2 atom stereocenters. The third kappa shape index (κ3) is 3.05. The maximum absolute atomic E-state index is 11.8. The number of aliphatic hydroxyl groups excluding tert-OH is 1. The number of ether oxygens (including phenoxy) is 1. The fourth-order valence-corrected chi connectivity index (χ4v) is 2.14. The van der Waals surface area contributed by atoms with Gasteiger partial charge in [0.15, 0.2) is 0 Å². The van der Waals surface area contributed by atoms with Crippen LogP contribution in [0, 0.1) is 0 Å². The minimum Gasteiger partial charge on any atom is -0.457 e. The minimum atomic E-state index is -1.54. The summed E-state index contributed by atoms with van der Waals surface area (Å²) in [5, 5.41) is 9.88. The monoisotopic (exact) mass is 275 g/mol. The summed E-state index contributed by atoms with van der Waals surface area (Å²) in [5.41, 5.74) is 0.825. The number of hydrogen-bond acceptors (Lipinski definition) is 4. The molecule has 1 saturated heterocycles. The summed E-state index contributed by atoms with van der Waals surface area (Å²) in [4.78, 5) is 24.4. The maximum Gasteiger partial charge on any atom is 0.356 e. The summed E-state index contributed by atoms with van der Waals surface area (Å²) >= 11 is 0. The van der Waals surface area contributed by atoms with Gasteiger partial charge in [-0.1, -0.05) is 36.4 Å². The van der Waals surface area contributed by atoms with E-state index in [2.05, 4.69) is 6.58 Å². The van der Waals surface area contributed by atoms with Gasteiger partial charge in [0.05, 0.1) is 0 Å². The third-order valence-electron chi connectivity index (χ3n) is 3.23. The molecular formula is C15H17NO4. The fourth-order valence-electron chi connectivity index (χ4n) is 2.14. The number of esters is 1. The quantitative estimate of drug-likeness (QED) is 0.481. The van der Waals surface area contributed by atoms with Crippen LogP contribution in [0.25, 0.3) is 0 Å². The van der Waals surface area contributed by atoms with E-state index in [0.717, 1.165) is 10.5 Å². The van der Waals surface area contributed by atoms with Crippen molar-refractivity contribution in [2.45, 2.75) is 31.7 Å². The van der Waals surface area contributed by atoms with Crippen LogP contribution in [-0.4, -0.2) is 34.2 Å². The summed E-state index contributed by atoms with van der Waals surface area (Å²) in [6.45, 7) is 3.66. The minimum absolute atomic E-state index is 0.0743. The number of β-lactam (4-membered cyclic amide) rings is 1. The number of nitrogens with zero attached hydrogens (tertiary/aromatic N) is 1. The highest BCUT2D eigenvalue weighted by Gasteiger charge is 2.42. The zero-order valence-corrected chi connectivity index (χ0v) is 11.1. The van der Waals surface area contributed by atoms with E-state index < -0.39 is 12.2 Å². The number of aliphatic hydroxyl groups is 1. The molecule has 1 aromatic carbocycles. The number of likely N-dealkylation sites (tertiary alicyclic amines) is 1. The molecule has 0 radical (unpaired) electrons. The van der Waals surface area contributed by atoms with E-state index in [-0.39, 0.29) is 18.6 Å². The Morgan fingerprint density at radius 1 is 1.50 bits per heavy atom. The molecular weight excluding hydrogens is 258 g/mol. The highest BCUT2D eigenvalue weighted by atomic mass is 16.5. The Bertz CT molecular complexity index is 498. The molecule has 1 aromatic rings. The molecule has 1 fully saturated rings. The van der Waals surface area contributed by atoms with Crippen molar-refractivity contribution in [3.63, 3.8) is 0 Å². The van der Waals surface area contributed by atoms with Crippen molar-refractivity contribution in [3.05, 3.63) is 48.6 Å². The van der Waals surface area contributed by atoms with Gasteiger partial charge in [0.25, 0.3) is 0 Å². The van der Waals surface area contributed by atoms with Crippen LogP contribution < -0.4 is 0 Å². The molecule has 106 valence electrons. The third-order valence-corrected chi connectivity index (χ3v) is 3.23.